The summed E-state index contributed by atoms with van der Waals surface area (Å²) in [5.41, 5.74) is 0.769. The minimum atomic E-state index is -0.179. The number of benzene rings is 2. The fraction of sp³-hybridized carbons (Fsp3) is 0.235. The number of hydrogen-bond acceptors (Lipinski definition) is 3. The molecule has 2 aromatic rings. The van der Waals surface area contributed by atoms with Crippen LogP contribution in [-0.2, 0) is 0 Å². The highest BCUT2D eigenvalue weighted by Crippen LogP contribution is 2.30. The number of rotatable bonds is 3. The highest BCUT2D eigenvalue weighted by Gasteiger charge is 2.23. The molecule has 1 heterocycles. The summed E-state index contributed by atoms with van der Waals surface area (Å²) in [4.78, 5) is 13.7. The van der Waals surface area contributed by atoms with Crippen molar-refractivity contribution in [2.75, 3.05) is 25.5 Å². The summed E-state index contributed by atoms with van der Waals surface area (Å²) < 4.78 is 11.5. The predicted octanol–water partition coefficient (Wildman–Crippen LogP) is 2.99. The van der Waals surface area contributed by atoms with E-state index >= 15 is 0 Å². The molecule has 0 spiro atoms. The van der Waals surface area contributed by atoms with Crippen molar-refractivity contribution < 1.29 is 14.3 Å². The van der Waals surface area contributed by atoms with Gasteiger partial charge >= 0.3 is 6.03 Å². The monoisotopic (exact) mass is 298 g/mol. The van der Waals surface area contributed by atoms with E-state index in [4.69, 9.17) is 9.47 Å². The van der Waals surface area contributed by atoms with Crippen molar-refractivity contribution in [1.82, 2.24) is 4.90 Å². The van der Waals surface area contributed by atoms with Crippen LogP contribution in [0.1, 0.15) is 0 Å². The lowest BCUT2D eigenvalue weighted by Crippen LogP contribution is -2.43. The number of ether oxygens (including phenoxy) is 2. The summed E-state index contributed by atoms with van der Waals surface area (Å²) in [7, 11) is 1.74. The Hall–Kier alpha value is -2.69. The topological polar surface area (TPSA) is 50.8 Å². The Kier molecular flexibility index (Phi) is 4.14. The molecule has 2 aromatic carbocycles. The van der Waals surface area contributed by atoms with Crippen molar-refractivity contribution in [3.05, 3.63) is 54.6 Å². The van der Waals surface area contributed by atoms with E-state index in [2.05, 4.69) is 5.32 Å². The SMILES string of the molecule is CN(CC1COc2ccccc2O1)C(=O)Nc1ccccc1. The Morgan fingerprint density at radius 1 is 1.14 bits per heavy atom. The van der Waals surface area contributed by atoms with Crippen molar-refractivity contribution in [3.8, 4) is 11.5 Å². The minimum absolute atomic E-state index is 0.173. The van der Waals surface area contributed by atoms with E-state index in [0.717, 1.165) is 17.2 Å². The molecule has 0 aliphatic carbocycles. The van der Waals surface area contributed by atoms with Gasteiger partial charge < -0.3 is 19.7 Å². The first-order chi connectivity index (χ1) is 10.7. The van der Waals surface area contributed by atoms with Crippen molar-refractivity contribution in [2.24, 2.45) is 0 Å². The first-order valence-corrected chi connectivity index (χ1v) is 7.18. The summed E-state index contributed by atoms with van der Waals surface area (Å²) in [6, 6.07) is 16.7. The third-order valence-electron chi connectivity index (χ3n) is 3.42. The zero-order valence-electron chi connectivity index (χ0n) is 12.4. The molecule has 1 aliphatic heterocycles. The molecule has 0 radical (unpaired) electrons. The third-order valence-corrected chi connectivity index (χ3v) is 3.42. The van der Waals surface area contributed by atoms with Gasteiger partial charge in [0.2, 0.25) is 0 Å². The van der Waals surface area contributed by atoms with Gasteiger partial charge in [-0.2, -0.15) is 0 Å². The molecule has 5 heteroatoms. The molecule has 1 N–H and O–H groups in total. The molecule has 0 aromatic heterocycles. The van der Waals surface area contributed by atoms with Gasteiger partial charge in [0.1, 0.15) is 6.61 Å². The normalized spacial score (nSPS) is 16.0. The van der Waals surface area contributed by atoms with Gasteiger partial charge in [0.25, 0.3) is 0 Å². The fourth-order valence-electron chi connectivity index (χ4n) is 2.28. The van der Waals surface area contributed by atoms with E-state index in [-0.39, 0.29) is 12.1 Å². The summed E-state index contributed by atoms with van der Waals surface area (Å²) in [6.07, 6.45) is -0.179. The highest BCUT2D eigenvalue weighted by atomic mass is 16.6. The molecule has 0 bridgehead atoms. The van der Waals surface area contributed by atoms with Crippen LogP contribution in [-0.4, -0.2) is 37.2 Å². The van der Waals surface area contributed by atoms with Crippen LogP contribution in [0.2, 0.25) is 0 Å². The number of carbonyl (C=O) groups excluding carboxylic acids is 1. The van der Waals surface area contributed by atoms with Crippen LogP contribution in [0.4, 0.5) is 10.5 Å². The largest absolute Gasteiger partial charge is 0.486 e. The molecule has 1 aliphatic rings. The quantitative estimate of drug-likeness (QED) is 0.947. The number of fused-ring (bicyclic) bond motifs is 1. The lowest BCUT2D eigenvalue weighted by Gasteiger charge is -2.29. The number of nitrogens with zero attached hydrogens (tertiary/aromatic N) is 1. The van der Waals surface area contributed by atoms with Crippen LogP contribution < -0.4 is 14.8 Å². The van der Waals surface area contributed by atoms with Gasteiger partial charge in [-0.1, -0.05) is 30.3 Å². The van der Waals surface area contributed by atoms with E-state index in [9.17, 15) is 4.79 Å². The lowest BCUT2D eigenvalue weighted by atomic mass is 10.2. The number of para-hydroxylation sites is 3. The molecule has 5 nitrogen and oxygen atoms in total. The van der Waals surface area contributed by atoms with E-state index < -0.39 is 0 Å². The van der Waals surface area contributed by atoms with Gasteiger partial charge in [-0.3, -0.25) is 0 Å². The molecule has 1 atom stereocenters. The van der Waals surface area contributed by atoms with E-state index in [1.807, 2.05) is 54.6 Å². The van der Waals surface area contributed by atoms with E-state index in [1.165, 1.54) is 0 Å². The lowest BCUT2D eigenvalue weighted by molar-refractivity contribution is 0.0731. The van der Waals surface area contributed by atoms with E-state index in [0.29, 0.717) is 13.2 Å². The highest BCUT2D eigenvalue weighted by molar-refractivity contribution is 5.89. The Balaban J connectivity index is 1.56. The van der Waals surface area contributed by atoms with Crippen LogP contribution in [0.3, 0.4) is 0 Å². The minimum Gasteiger partial charge on any atom is -0.486 e. The summed E-state index contributed by atoms with van der Waals surface area (Å²) in [5.74, 6) is 1.46. The van der Waals surface area contributed by atoms with Crippen LogP contribution in [0.5, 0.6) is 11.5 Å². The maximum absolute atomic E-state index is 12.2. The zero-order chi connectivity index (χ0) is 15.4. The number of carbonyl (C=O) groups is 1. The molecule has 0 saturated carbocycles. The molecular formula is C17H18N2O3. The Labute approximate surface area is 129 Å². The first-order valence-electron chi connectivity index (χ1n) is 7.18. The zero-order valence-corrected chi connectivity index (χ0v) is 12.4. The van der Waals surface area contributed by atoms with Gasteiger partial charge in [-0.15, -0.1) is 0 Å². The second-order valence-corrected chi connectivity index (χ2v) is 5.17. The predicted molar refractivity (Wildman–Crippen MR) is 84.4 cm³/mol. The van der Waals surface area contributed by atoms with Gasteiger partial charge in [0.15, 0.2) is 17.6 Å². The van der Waals surface area contributed by atoms with Gasteiger partial charge in [0, 0.05) is 12.7 Å². The Morgan fingerprint density at radius 3 is 2.59 bits per heavy atom. The number of hydrogen-bond donors (Lipinski definition) is 1. The summed E-state index contributed by atoms with van der Waals surface area (Å²) in [5, 5.41) is 2.84. The fourth-order valence-corrected chi connectivity index (χ4v) is 2.28. The number of anilines is 1. The first kappa shape index (κ1) is 14.3. The molecule has 2 amide bonds. The second kappa shape index (κ2) is 6.39. The molecule has 22 heavy (non-hydrogen) atoms. The van der Waals surface area contributed by atoms with Crippen molar-refractivity contribution >= 4 is 11.7 Å². The van der Waals surface area contributed by atoms with Crippen LogP contribution in [0.15, 0.2) is 54.6 Å². The number of likely N-dealkylation sites (N-methyl/N-ethyl adjacent to an activating group) is 1. The van der Waals surface area contributed by atoms with Gasteiger partial charge in [0.05, 0.1) is 6.54 Å². The molecule has 0 saturated heterocycles. The summed E-state index contributed by atoms with van der Waals surface area (Å²) in [6.45, 7) is 0.882. The standard InChI is InChI=1S/C17H18N2O3/c1-19(17(20)18-13-7-3-2-4-8-13)11-14-12-21-15-9-5-6-10-16(15)22-14/h2-10,14H,11-12H2,1H3,(H,18,20). The Morgan fingerprint density at radius 2 is 1.82 bits per heavy atom. The number of amides is 2. The molecule has 0 fully saturated rings. The average molecular weight is 298 g/mol. The van der Waals surface area contributed by atoms with Crippen LogP contribution in [0.25, 0.3) is 0 Å². The molecule has 114 valence electrons. The van der Waals surface area contributed by atoms with E-state index in [1.54, 1.807) is 11.9 Å². The maximum Gasteiger partial charge on any atom is 0.321 e. The van der Waals surface area contributed by atoms with Gasteiger partial charge in [-0.05, 0) is 24.3 Å². The van der Waals surface area contributed by atoms with Crippen LogP contribution >= 0.6 is 0 Å². The van der Waals surface area contributed by atoms with Gasteiger partial charge in [-0.25, -0.2) is 4.79 Å². The third kappa shape index (κ3) is 3.31. The average Bonchev–Trinajstić information content (AvgIpc) is 2.55. The molecular weight excluding hydrogens is 280 g/mol. The Bertz CT molecular complexity index is 645. The molecule has 1 unspecified atom stereocenters. The molecule has 3 rings (SSSR count). The number of nitrogens with one attached hydrogen (secondary N) is 1. The number of urea groups is 1. The summed E-state index contributed by atoms with van der Waals surface area (Å²) >= 11 is 0. The van der Waals surface area contributed by atoms with Crippen molar-refractivity contribution in [2.45, 2.75) is 6.10 Å². The smallest absolute Gasteiger partial charge is 0.321 e. The maximum atomic E-state index is 12.2. The van der Waals surface area contributed by atoms with Crippen LogP contribution in [0, 0.1) is 0 Å². The second-order valence-electron chi connectivity index (χ2n) is 5.17. The van der Waals surface area contributed by atoms with Crippen molar-refractivity contribution in [1.29, 1.82) is 0 Å². The van der Waals surface area contributed by atoms with Crippen molar-refractivity contribution in [3.63, 3.8) is 0 Å².